The lowest BCUT2D eigenvalue weighted by molar-refractivity contribution is -0.133. The molecule has 0 unspecified atom stereocenters. The summed E-state index contributed by atoms with van der Waals surface area (Å²) < 4.78 is 24.9. The molecular weight excluding hydrogens is 262 g/mol. The van der Waals surface area contributed by atoms with Gasteiger partial charge in [-0.1, -0.05) is 24.3 Å². The zero-order chi connectivity index (χ0) is 14.5. The molecular formula is C15H20F2N2O. The molecule has 1 atom stereocenters. The lowest BCUT2D eigenvalue weighted by Crippen LogP contribution is -2.52. The van der Waals surface area contributed by atoms with Crippen molar-refractivity contribution in [2.75, 3.05) is 19.6 Å². The van der Waals surface area contributed by atoms with Crippen LogP contribution in [0.4, 0.5) is 8.78 Å². The highest BCUT2D eigenvalue weighted by Gasteiger charge is 2.22. The molecule has 0 aromatic heterocycles. The summed E-state index contributed by atoms with van der Waals surface area (Å²) in [4.78, 5) is 14.0. The van der Waals surface area contributed by atoms with E-state index in [1.807, 2.05) is 11.8 Å². The van der Waals surface area contributed by atoms with Crippen molar-refractivity contribution in [3.8, 4) is 0 Å². The summed E-state index contributed by atoms with van der Waals surface area (Å²) in [6, 6.07) is 6.43. The summed E-state index contributed by atoms with van der Waals surface area (Å²) in [6.45, 7) is 4.43. The van der Waals surface area contributed by atoms with E-state index < -0.39 is 6.43 Å². The Morgan fingerprint density at radius 1 is 1.40 bits per heavy atom. The maximum atomic E-state index is 12.4. The third-order valence-corrected chi connectivity index (χ3v) is 3.68. The van der Waals surface area contributed by atoms with Crippen LogP contribution >= 0.6 is 0 Å². The number of halogens is 2. The summed E-state index contributed by atoms with van der Waals surface area (Å²) >= 11 is 0. The Bertz CT molecular complexity index is 448. The van der Waals surface area contributed by atoms with Crippen molar-refractivity contribution in [1.82, 2.24) is 10.2 Å². The van der Waals surface area contributed by atoms with Gasteiger partial charge in [-0.05, 0) is 18.9 Å². The Morgan fingerprint density at radius 2 is 2.10 bits per heavy atom. The average molecular weight is 282 g/mol. The Labute approximate surface area is 118 Å². The first-order valence-corrected chi connectivity index (χ1v) is 6.95. The van der Waals surface area contributed by atoms with E-state index in [2.05, 4.69) is 5.32 Å². The fraction of sp³-hybridized carbons (Fsp3) is 0.533. The van der Waals surface area contributed by atoms with Gasteiger partial charge in [0.2, 0.25) is 5.91 Å². The molecule has 1 N–H and O–H groups in total. The van der Waals surface area contributed by atoms with E-state index in [9.17, 15) is 13.6 Å². The van der Waals surface area contributed by atoms with E-state index in [4.69, 9.17) is 0 Å². The van der Waals surface area contributed by atoms with Gasteiger partial charge in [-0.15, -0.1) is 0 Å². The van der Waals surface area contributed by atoms with Gasteiger partial charge in [0, 0.05) is 37.7 Å². The van der Waals surface area contributed by atoms with Crippen LogP contribution in [0.15, 0.2) is 24.3 Å². The first-order chi connectivity index (χ1) is 9.58. The quantitative estimate of drug-likeness (QED) is 0.919. The van der Waals surface area contributed by atoms with Gasteiger partial charge in [0.15, 0.2) is 0 Å². The van der Waals surface area contributed by atoms with E-state index >= 15 is 0 Å². The minimum atomic E-state index is -2.44. The second-order valence-corrected chi connectivity index (χ2v) is 5.18. The van der Waals surface area contributed by atoms with Crippen molar-refractivity contribution >= 4 is 5.91 Å². The number of alkyl halides is 2. The largest absolute Gasteiger partial charge is 0.337 e. The van der Waals surface area contributed by atoms with Gasteiger partial charge < -0.3 is 10.2 Å². The van der Waals surface area contributed by atoms with Crippen LogP contribution in [0.2, 0.25) is 0 Å². The van der Waals surface area contributed by atoms with Crippen LogP contribution in [-0.2, 0) is 11.2 Å². The second-order valence-electron chi connectivity index (χ2n) is 5.18. The van der Waals surface area contributed by atoms with E-state index in [0.717, 1.165) is 25.2 Å². The molecule has 0 spiro atoms. The molecule has 1 heterocycles. The highest BCUT2D eigenvalue weighted by atomic mass is 19.3. The monoisotopic (exact) mass is 282 g/mol. The molecule has 1 fully saturated rings. The number of benzene rings is 1. The third kappa shape index (κ3) is 3.76. The zero-order valence-electron chi connectivity index (χ0n) is 11.6. The van der Waals surface area contributed by atoms with Gasteiger partial charge in [0.1, 0.15) is 0 Å². The molecule has 0 bridgehead atoms. The van der Waals surface area contributed by atoms with Crippen molar-refractivity contribution in [3.05, 3.63) is 35.4 Å². The maximum absolute atomic E-state index is 12.4. The number of carbonyl (C=O) groups is 1. The molecule has 5 heteroatoms. The number of rotatable bonds is 4. The number of hydrogen-bond acceptors (Lipinski definition) is 2. The number of piperazine rings is 1. The van der Waals surface area contributed by atoms with Crippen LogP contribution in [0, 0.1) is 0 Å². The van der Waals surface area contributed by atoms with Crippen LogP contribution in [0.3, 0.4) is 0 Å². The Kier molecular flexibility index (Phi) is 5.06. The van der Waals surface area contributed by atoms with Gasteiger partial charge >= 0.3 is 0 Å². The number of amides is 1. The Hall–Kier alpha value is -1.49. The van der Waals surface area contributed by atoms with E-state index in [1.54, 1.807) is 12.1 Å². The first-order valence-electron chi connectivity index (χ1n) is 6.95. The summed E-state index contributed by atoms with van der Waals surface area (Å²) in [5, 5.41) is 3.25. The lowest BCUT2D eigenvalue weighted by atomic mass is 10.1. The summed E-state index contributed by atoms with van der Waals surface area (Å²) in [7, 11) is 0. The molecule has 110 valence electrons. The van der Waals surface area contributed by atoms with Crippen molar-refractivity contribution in [2.45, 2.75) is 32.2 Å². The molecule has 1 saturated heterocycles. The summed E-state index contributed by atoms with van der Waals surface area (Å²) in [6.07, 6.45) is -1.41. The fourth-order valence-corrected chi connectivity index (χ4v) is 2.44. The van der Waals surface area contributed by atoms with Gasteiger partial charge in [-0.2, -0.15) is 0 Å². The number of aryl methyl sites for hydroxylation is 1. The van der Waals surface area contributed by atoms with Crippen LogP contribution < -0.4 is 5.32 Å². The van der Waals surface area contributed by atoms with Crippen LogP contribution in [-0.4, -0.2) is 36.5 Å². The lowest BCUT2D eigenvalue weighted by Gasteiger charge is -2.34. The van der Waals surface area contributed by atoms with E-state index in [-0.39, 0.29) is 17.5 Å². The highest BCUT2D eigenvalue weighted by Crippen LogP contribution is 2.19. The minimum absolute atomic E-state index is 0.0239. The maximum Gasteiger partial charge on any atom is 0.263 e. The minimum Gasteiger partial charge on any atom is -0.337 e. The van der Waals surface area contributed by atoms with Crippen LogP contribution in [0.5, 0.6) is 0 Å². The van der Waals surface area contributed by atoms with Gasteiger partial charge in [-0.25, -0.2) is 8.78 Å². The predicted octanol–water partition coefficient (Wildman–Crippen LogP) is 2.38. The van der Waals surface area contributed by atoms with Crippen molar-refractivity contribution in [3.63, 3.8) is 0 Å². The molecule has 1 aromatic rings. The number of nitrogens with zero attached hydrogens (tertiary/aromatic N) is 1. The van der Waals surface area contributed by atoms with Gasteiger partial charge in [-0.3, -0.25) is 4.79 Å². The predicted molar refractivity (Wildman–Crippen MR) is 73.8 cm³/mol. The molecule has 1 amide bonds. The number of carbonyl (C=O) groups excluding carboxylic acids is 1. The summed E-state index contributed by atoms with van der Waals surface area (Å²) in [5.74, 6) is 0.136. The first kappa shape index (κ1) is 14.9. The summed E-state index contributed by atoms with van der Waals surface area (Å²) in [5.41, 5.74) is 0.946. The zero-order valence-corrected chi connectivity index (χ0v) is 11.6. The van der Waals surface area contributed by atoms with E-state index in [1.165, 1.54) is 12.1 Å². The smallest absolute Gasteiger partial charge is 0.263 e. The van der Waals surface area contributed by atoms with Crippen LogP contribution in [0.1, 0.15) is 30.9 Å². The van der Waals surface area contributed by atoms with Crippen molar-refractivity contribution in [1.29, 1.82) is 0 Å². The van der Waals surface area contributed by atoms with Crippen LogP contribution in [0.25, 0.3) is 0 Å². The number of nitrogens with one attached hydrogen (secondary N) is 1. The van der Waals surface area contributed by atoms with Gasteiger partial charge in [0.25, 0.3) is 6.43 Å². The van der Waals surface area contributed by atoms with Crippen molar-refractivity contribution in [2.24, 2.45) is 0 Å². The standard InChI is InChI=1S/C15H20F2N2O/c1-11-10-18-8-9-19(11)14(20)7-4-12-2-5-13(6-3-12)15(16)17/h2-3,5-6,11,15,18H,4,7-10H2,1H3/t11-/m0/s1. The van der Waals surface area contributed by atoms with Gasteiger partial charge in [0.05, 0.1) is 0 Å². The Morgan fingerprint density at radius 3 is 2.70 bits per heavy atom. The molecule has 0 aliphatic carbocycles. The molecule has 0 radical (unpaired) electrons. The SMILES string of the molecule is C[C@H]1CNCCN1C(=O)CCc1ccc(C(F)F)cc1. The third-order valence-electron chi connectivity index (χ3n) is 3.68. The Balaban J connectivity index is 1.86. The topological polar surface area (TPSA) is 32.3 Å². The molecule has 0 saturated carbocycles. The van der Waals surface area contributed by atoms with E-state index in [0.29, 0.717) is 12.8 Å². The average Bonchev–Trinajstić information content (AvgIpc) is 2.45. The molecule has 1 aromatic carbocycles. The second kappa shape index (κ2) is 6.79. The molecule has 2 rings (SSSR count). The highest BCUT2D eigenvalue weighted by molar-refractivity contribution is 5.77. The molecule has 1 aliphatic heterocycles. The number of hydrogen-bond donors (Lipinski definition) is 1. The normalized spacial score (nSPS) is 19.4. The van der Waals surface area contributed by atoms with Crippen molar-refractivity contribution < 1.29 is 13.6 Å². The molecule has 20 heavy (non-hydrogen) atoms. The molecule has 1 aliphatic rings. The fourth-order valence-electron chi connectivity index (χ4n) is 2.44. The molecule has 3 nitrogen and oxygen atoms in total.